The standard InChI is InChI=1S/C14H19BrN2O3S/c1-10-6-7-11(15)8-13(10)21(19,20)17(9-14(16)18)12-4-2-3-5-12/h6-8,12H,2-5,9H2,1H3,(H2,16,18). The van der Waals surface area contributed by atoms with Crippen molar-refractivity contribution in [2.75, 3.05) is 6.54 Å². The molecule has 1 fully saturated rings. The average molecular weight is 375 g/mol. The molecule has 2 N–H and O–H groups in total. The number of carbonyl (C=O) groups excluding carboxylic acids is 1. The van der Waals surface area contributed by atoms with Gasteiger partial charge in [0.05, 0.1) is 11.4 Å². The molecule has 1 aromatic rings. The van der Waals surface area contributed by atoms with Gasteiger partial charge in [0, 0.05) is 10.5 Å². The highest BCUT2D eigenvalue weighted by atomic mass is 79.9. The second-order valence-corrected chi connectivity index (χ2v) is 8.14. The van der Waals surface area contributed by atoms with E-state index in [1.165, 1.54) is 4.31 Å². The predicted molar refractivity (Wildman–Crippen MR) is 84.2 cm³/mol. The average Bonchev–Trinajstić information content (AvgIpc) is 2.92. The Morgan fingerprint density at radius 3 is 2.57 bits per heavy atom. The monoisotopic (exact) mass is 374 g/mol. The van der Waals surface area contributed by atoms with E-state index in [0.29, 0.717) is 10.0 Å². The van der Waals surface area contributed by atoms with Gasteiger partial charge in [-0.15, -0.1) is 0 Å². The van der Waals surface area contributed by atoms with Crippen LogP contribution in [0.1, 0.15) is 31.2 Å². The number of aryl methyl sites for hydroxylation is 1. The molecular weight excluding hydrogens is 356 g/mol. The number of sulfonamides is 1. The topological polar surface area (TPSA) is 80.5 Å². The van der Waals surface area contributed by atoms with Crippen molar-refractivity contribution in [3.8, 4) is 0 Å². The lowest BCUT2D eigenvalue weighted by atomic mass is 10.2. The quantitative estimate of drug-likeness (QED) is 0.857. The zero-order valence-corrected chi connectivity index (χ0v) is 14.3. The fourth-order valence-corrected chi connectivity index (χ4v) is 5.15. The minimum absolute atomic E-state index is 0.138. The number of benzene rings is 1. The summed E-state index contributed by atoms with van der Waals surface area (Å²) in [6.45, 7) is 1.48. The van der Waals surface area contributed by atoms with E-state index in [0.717, 1.165) is 25.7 Å². The largest absolute Gasteiger partial charge is 0.369 e. The number of primary amides is 1. The molecule has 0 spiro atoms. The van der Waals surface area contributed by atoms with E-state index >= 15 is 0 Å². The molecule has 7 heteroatoms. The fourth-order valence-electron chi connectivity index (χ4n) is 2.73. The molecule has 0 radical (unpaired) electrons. The maximum Gasteiger partial charge on any atom is 0.244 e. The number of rotatable bonds is 5. The highest BCUT2D eigenvalue weighted by Gasteiger charge is 2.35. The Morgan fingerprint density at radius 1 is 1.38 bits per heavy atom. The van der Waals surface area contributed by atoms with Crippen LogP contribution < -0.4 is 5.73 Å². The van der Waals surface area contributed by atoms with Gasteiger partial charge in [0.2, 0.25) is 15.9 Å². The Balaban J connectivity index is 2.45. The third-order valence-electron chi connectivity index (χ3n) is 3.78. The molecule has 1 saturated carbocycles. The zero-order chi connectivity index (χ0) is 15.6. The van der Waals surface area contributed by atoms with Gasteiger partial charge in [-0.2, -0.15) is 4.31 Å². The third kappa shape index (κ3) is 3.64. The summed E-state index contributed by atoms with van der Waals surface area (Å²) in [6, 6.07) is 4.98. The van der Waals surface area contributed by atoms with Gasteiger partial charge in [-0.1, -0.05) is 34.8 Å². The van der Waals surface area contributed by atoms with Crippen molar-refractivity contribution in [3.05, 3.63) is 28.2 Å². The Labute approximate surface area is 133 Å². The van der Waals surface area contributed by atoms with Crippen molar-refractivity contribution in [1.82, 2.24) is 4.31 Å². The molecule has 0 unspecified atom stereocenters. The van der Waals surface area contributed by atoms with Crippen LogP contribution in [0.15, 0.2) is 27.6 Å². The number of nitrogens with zero attached hydrogens (tertiary/aromatic N) is 1. The van der Waals surface area contributed by atoms with E-state index in [4.69, 9.17) is 5.73 Å². The van der Waals surface area contributed by atoms with Gasteiger partial charge < -0.3 is 5.73 Å². The Hall–Kier alpha value is -0.920. The molecule has 0 saturated heterocycles. The van der Waals surface area contributed by atoms with Crippen LogP contribution >= 0.6 is 15.9 Å². The predicted octanol–water partition coefficient (Wildman–Crippen LogP) is 2.18. The SMILES string of the molecule is Cc1ccc(Br)cc1S(=O)(=O)N(CC(N)=O)C1CCCC1. The van der Waals surface area contributed by atoms with Gasteiger partial charge in [-0.25, -0.2) is 8.42 Å². The summed E-state index contributed by atoms with van der Waals surface area (Å²) < 4.78 is 27.8. The summed E-state index contributed by atoms with van der Waals surface area (Å²) in [7, 11) is -3.73. The van der Waals surface area contributed by atoms with E-state index in [-0.39, 0.29) is 17.5 Å². The van der Waals surface area contributed by atoms with E-state index < -0.39 is 15.9 Å². The third-order valence-corrected chi connectivity index (χ3v) is 6.31. The molecule has 1 aliphatic carbocycles. The molecule has 0 bridgehead atoms. The summed E-state index contributed by atoms with van der Waals surface area (Å²) in [4.78, 5) is 11.5. The summed E-state index contributed by atoms with van der Waals surface area (Å²) in [5, 5.41) is 0. The van der Waals surface area contributed by atoms with Crippen LogP contribution in [0, 0.1) is 6.92 Å². The van der Waals surface area contributed by atoms with E-state index in [1.807, 2.05) is 0 Å². The van der Waals surface area contributed by atoms with Gasteiger partial charge >= 0.3 is 0 Å². The maximum atomic E-state index is 12.9. The van der Waals surface area contributed by atoms with Crippen LogP contribution in [0.25, 0.3) is 0 Å². The van der Waals surface area contributed by atoms with Gasteiger partial charge in [-0.05, 0) is 37.5 Å². The number of hydrogen-bond acceptors (Lipinski definition) is 3. The number of amides is 1. The van der Waals surface area contributed by atoms with Gasteiger partial charge in [0.25, 0.3) is 0 Å². The van der Waals surface area contributed by atoms with Crippen LogP contribution in [-0.4, -0.2) is 31.2 Å². The summed E-state index contributed by atoms with van der Waals surface area (Å²) in [5.41, 5.74) is 5.91. The molecule has 0 aromatic heterocycles. The number of halogens is 1. The Bertz CT molecular complexity index is 640. The Morgan fingerprint density at radius 2 is 2.00 bits per heavy atom. The zero-order valence-electron chi connectivity index (χ0n) is 11.9. The van der Waals surface area contributed by atoms with Crippen LogP contribution in [0.3, 0.4) is 0 Å². The van der Waals surface area contributed by atoms with Crippen molar-refractivity contribution in [2.24, 2.45) is 5.73 Å². The van der Waals surface area contributed by atoms with Crippen LogP contribution in [-0.2, 0) is 14.8 Å². The molecule has 0 atom stereocenters. The first kappa shape index (κ1) is 16.5. The second-order valence-electron chi connectivity index (χ2n) is 5.36. The highest BCUT2D eigenvalue weighted by Crippen LogP contribution is 2.30. The van der Waals surface area contributed by atoms with Crippen LogP contribution in [0.5, 0.6) is 0 Å². The van der Waals surface area contributed by atoms with Crippen LogP contribution in [0.4, 0.5) is 0 Å². The molecule has 2 rings (SSSR count). The summed E-state index contributed by atoms with van der Waals surface area (Å²) in [6.07, 6.45) is 3.51. The molecule has 0 aliphatic heterocycles. The molecule has 1 aromatic carbocycles. The first-order valence-electron chi connectivity index (χ1n) is 6.88. The lowest BCUT2D eigenvalue weighted by molar-refractivity contribution is -0.118. The van der Waals surface area contributed by atoms with Gasteiger partial charge in [-0.3, -0.25) is 4.79 Å². The molecule has 116 valence electrons. The van der Waals surface area contributed by atoms with Gasteiger partial charge in [0.1, 0.15) is 0 Å². The molecule has 1 amide bonds. The minimum atomic E-state index is -3.73. The minimum Gasteiger partial charge on any atom is -0.369 e. The van der Waals surface area contributed by atoms with Crippen LogP contribution in [0.2, 0.25) is 0 Å². The summed E-state index contributed by atoms with van der Waals surface area (Å²) >= 11 is 3.30. The number of nitrogens with two attached hydrogens (primary N) is 1. The lowest BCUT2D eigenvalue weighted by Gasteiger charge is -2.27. The van der Waals surface area contributed by atoms with E-state index in [1.54, 1.807) is 25.1 Å². The van der Waals surface area contributed by atoms with Crippen molar-refractivity contribution >= 4 is 31.9 Å². The molecule has 1 aliphatic rings. The van der Waals surface area contributed by atoms with Crippen molar-refractivity contribution in [1.29, 1.82) is 0 Å². The van der Waals surface area contributed by atoms with Gasteiger partial charge in [0.15, 0.2) is 0 Å². The van der Waals surface area contributed by atoms with Crippen molar-refractivity contribution < 1.29 is 13.2 Å². The molecule has 0 heterocycles. The maximum absolute atomic E-state index is 12.9. The summed E-state index contributed by atoms with van der Waals surface area (Å²) in [5.74, 6) is -0.627. The number of carbonyl (C=O) groups is 1. The number of hydrogen-bond donors (Lipinski definition) is 1. The van der Waals surface area contributed by atoms with Crippen molar-refractivity contribution in [2.45, 2.75) is 43.5 Å². The van der Waals surface area contributed by atoms with E-state index in [2.05, 4.69) is 15.9 Å². The first-order valence-corrected chi connectivity index (χ1v) is 9.12. The second kappa shape index (κ2) is 6.46. The molecule has 5 nitrogen and oxygen atoms in total. The smallest absolute Gasteiger partial charge is 0.244 e. The Kier molecular flexibility index (Phi) is 5.06. The highest BCUT2D eigenvalue weighted by molar-refractivity contribution is 9.10. The first-order chi connectivity index (χ1) is 9.82. The van der Waals surface area contributed by atoms with Crippen molar-refractivity contribution in [3.63, 3.8) is 0 Å². The molecule has 21 heavy (non-hydrogen) atoms. The molecular formula is C14H19BrN2O3S. The lowest BCUT2D eigenvalue weighted by Crippen LogP contribution is -2.44. The van der Waals surface area contributed by atoms with E-state index in [9.17, 15) is 13.2 Å². The normalized spacial score (nSPS) is 16.5. The fraction of sp³-hybridized carbons (Fsp3) is 0.500.